The molecule has 1 aromatic carbocycles. The molecule has 0 amide bonds. The molecule has 120 valence electrons. The fourth-order valence-corrected chi connectivity index (χ4v) is 1.61. The highest BCUT2D eigenvalue weighted by Crippen LogP contribution is 2.27. The highest BCUT2D eigenvalue weighted by molar-refractivity contribution is 14.0. The van der Waals surface area contributed by atoms with Gasteiger partial charge >= 0.3 is 0 Å². The van der Waals surface area contributed by atoms with Crippen molar-refractivity contribution < 1.29 is 14.2 Å². The number of aliphatic imine (C=N–C) groups is 1. The zero-order valence-electron chi connectivity index (χ0n) is 12.9. The second kappa shape index (κ2) is 11.3. The third-order valence-corrected chi connectivity index (χ3v) is 2.67. The van der Waals surface area contributed by atoms with Crippen LogP contribution in [-0.2, 0) is 0 Å². The molecule has 0 aliphatic carbocycles. The first-order valence-corrected chi connectivity index (χ1v) is 6.47. The summed E-state index contributed by atoms with van der Waals surface area (Å²) >= 11 is 0. The molecule has 0 atom stereocenters. The molecule has 1 aromatic rings. The molecule has 1 rings (SSSR count). The van der Waals surface area contributed by atoms with Crippen molar-refractivity contribution in [3.63, 3.8) is 0 Å². The van der Waals surface area contributed by atoms with E-state index < -0.39 is 0 Å². The van der Waals surface area contributed by atoms with Crippen molar-refractivity contribution in [3.8, 4) is 17.2 Å². The van der Waals surface area contributed by atoms with Gasteiger partial charge in [-0.3, -0.25) is 4.99 Å². The lowest BCUT2D eigenvalue weighted by molar-refractivity contribution is 0.305. The number of hydrogen-bond donors (Lipinski definition) is 2. The lowest BCUT2D eigenvalue weighted by Gasteiger charge is -2.11. The van der Waals surface area contributed by atoms with E-state index in [1.807, 2.05) is 25.2 Å². The van der Waals surface area contributed by atoms with Gasteiger partial charge in [-0.05, 0) is 6.42 Å². The number of hydrogen-bond acceptors (Lipinski definition) is 4. The van der Waals surface area contributed by atoms with E-state index in [1.54, 1.807) is 21.3 Å². The van der Waals surface area contributed by atoms with Gasteiger partial charge in [0.2, 0.25) is 0 Å². The smallest absolute Gasteiger partial charge is 0.190 e. The SMILES string of the molecule is CN=C(NC)NCCCOc1cc(OC)cc(OC)c1.I. The summed E-state index contributed by atoms with van der Waals surface area (Å²) in [4.78, 5) is 4.03. The molecule has 0 aliphatic rings. The van der Waals surface area contributed by atoms with E-state index in [-0.39, 0.29) is 24.0 Å². The molecule has 6 nitrogen and oxygen atoms in total. The van der Waals surface area contributed by atoms with E-state index in [4.69, 9.17) is 14.2 Å². The molecular weight excluding hydrogens is 385 g/mol. The van der Waals surface area contributed by atoms with Crippen molar-refractivity contribution >= 4 is 29.9 Å². The van der Waals surface area contributed by atoms with Crippen molar-refractivity contribution in [1.29, 1.82) is 0 Å². The number of nitrogens with zero attached hydrogens (tertiary/aromatic N) is 1. The van der Waals surface area contributed by atoms with Crippen LogP contribution in [0.4, 0.5) is 0 Å². The Morgan fingerprint density at radius 1 is 1.10 bits per heavy atom. The molecular formula is C14H24IN3O3. The molecule has 0 aromatic heterocycles. The van der Waals surface area contributed by atoms with Crippen molar-refractivity contribution in [2.75, 3.05) is 41.5 Å². The van der Waals surface area contributed by atoms with Gasteiger partial charge in [0.25, 0.3) is 0 Å². The largest absolute Gasteiger partial charge is 0.496 e. The Hall–Kier alpha value is -1.38. The van der Waals surface area contributed by atoms with Crippen molar-refractivity contribution in [1.82, 2.24) is 10.6 Å². The minimum atomic E-state index is 0. The van der Waals surface area contributed by atoms with Crippen molar-refractivity contribution in [2.24, 2.45) is 4.99 Å². The summed E-state index contributed by atoms with van der Waals surface area (Å²) in [5.74, 6) is 2.94. The lowest BCUT2D eigenvalue weighted by Crippen LogP contribution is -2.35. The van der Waals surface area contributed by atoms with Crippen LogP contribution in [0.25, 0.3) is 0 Å². The highest BCUT2D eigenvalue weighted by atomic mass is 127. The number of rotatable bonds is 7. The van der Waals surface area contributed by atoms with Crippen LogP contribution in [0.1, 0.15) is 6.42 Å². The van der Waals surface area contributed by atoms with Crippen LogP contribution in [0.2, 0.25) is 0 Å². The van der Waals surface area contributed by atoms with Crippen LogP contribution in [0.5, 0.6) is 17.2 Å². The average Bonchev–Trinajstić information content (AvgIpc) is 2.50. The Bertz CT molecular complexity index is 419. The zero-order chi connectivity index (χ0) is 14.8. The van der Waals surface area contributed by atoms with Crippen LogP contribution in [0, 0.1) is 0 Å². The molecule has 0 aliphatic heterocycles. The van der Waals surface area contributed by atoms with Gasteiger partial charge in [0.1, 0.15) is 17.2 Å². The first kappa shape index (κ1) is 19.6. The predicted molar refractivity (Wildman–Crippen MR) is 95.5 cm³/mol. The van der Waals surface area contributed by atoms with E-state index in [9.17, 15) is 0 Å². The minimum Gasteiger partial charge on any atom is -0.496 e. The second-order valence-corrected chi connectivity index (χ2v) is 4.00. The molecule has 0 unspecified atom stereocenters. The number of benzene rings is 1. The summed E-state index contributed by atoms with van der Waals surface area (Å²) in [5.41, 5.74) is 0. The standard InChI is InChI=1S/C14H23N3O3.HI/c1-15-14(16-2)17-6-5-7-20-13-9-11(18-3)8-12(10-13)19-4;/h8-10H,5-7H2,1-4H3,(H2,15,16,17);1H. The first-order valence-electron chi connectivity index (χ1n) is 6.47. The summed E-state index contributed by atoms with van der Waals surface area (Å²) < 4.78 is 16.1. The summed E-state index contributed by atoms with van der Waals surface area (Å²) in [6, 6.07) is 5.48. The van der Waals surface area contributed by atoms with Crippen LogP contribution >= 0.6 is 24.0 Å². The third-order valence-electron chi connectivity index (χ3n) is 2.67. The van der Waals surface area contributed by atoms with Gasteiger partial charge < -0.3 is 24.8 Å². The maximum absolute atomic E-state index is 5.68. The maximum Gasteiger partial charge on any atom is 0.190 e. The molecule has 2 N–H and O–H groups in total. The summed E-state index contributed by atoms with van der Waals surface area (Å²) in [6.45, 7) is 1.39. The van der Waals surface area contributed by atoms with E-state index in [0.717, 1.165) is 24.7 Å². The van der Waals surface area contributed by atoms with Crippen molar-refractivity contribution in [3.05, 3.63) is 18.2 Å². The Morgan fingerprint density at radius 3 is 2.14 bits per heavy atom. The van der Waals surface area contributed by atoms with Crippen LogP contribution in [0.15, 0.2) is 23.2 Å². The van der Waals surface area contributed by atoms with Crippen LogP contribution in [-0.4, -0.2) is 47.4 Å². The van der Waals surface area contributed by atoms with E-state index in [2.05, 4.69) is 15.6 Å². The van der Waals surface area contributed by atoms with Gasteiger partial charge in [0.05, 0.1) is 20.8 Å². The minimum absolute atomic E-state index is 0. The topological polar surface area (TPSA) is 64.1 Å². The van der Waals surface area contributed by atoms with Gasteiger partial charge in [-0.2, -0.15) is 0 Å². The molecule has 7 heteroatoms. The molecule has 0 saturated heterocycles. The Kier molecular flexibility index (Phi) is 10.6. The second-order valence-electron chi connectivity index (χ2n) is 4.00. The number of nitrogens with one attached hydrogen (secondary N) is 2. The van der Waals surface area contributed by atoms with E-state index in [0.29, 0.717) is 18.1 Å². The van der Waals surface area contributed by atoms with Crippen LogP contribution < -0.4 is 24.8 Å². The molecule has 0 spiro atoms. The fourth-order valence-electron chi connectivity index (χ4n) is 1.61. The average molecular weight is 409 g/mol. The predicted octanol–water partition coefficient (Wildman–Crippen LogP) is 1.89. The molecule has 0 heterocycles. The number of guanidine groups is 1. The molecule has 21 heavy (non-hydrogen) atoms. The van der Waals surface area contributed by atoms with Gasteiger partial charge in [-0.15, -0.1) is 24.0 Å². The number of ether oxygens (including phenoxy) is 3. The fraction of sp³-hybridized carbons (Fsp3) is 0.500. The van der Waals surface area contributed by atoms with E-state index >= 15 is 0 Å². The Morgan fingerprint density at radius 2 is 1.67 bits per heavy atom. The Balaban J connectivity index is 0.00000400. The normalized spacial score (nSPS) is 10.4. The molecule has 0 radical (unpaired) electrons. The van der Waals surface area contributed by atoms with Gasteiger partial charge in [0.15, 0.2) is 5.96 Å². The van der Waals surface area contributed by atoms with Crippen LogP contribution in [0.3, 0.4) is 0 Å². The van der Waals surface area contributed by atoms with Crippen molar-refractivity contribution in [2.45, 2.75) is 6.42 Å². The summed E-state index contributed by atoms with van der Waals surface area (Å²) in [7, 11) is 6.80. The highest BCUT2D eigenvalue weighted by Gasteiger charge is 2.02. The van der Waals surface area contributed by atoms with Gasteiger partial charge in [-0.25, -0.2) is 0 Å². The molecule has 0 bridgehead atoms. The Labute approximate surface area is 143 Å². The summed E-state index contributed by atoms with van der Waals surface area (Å²) in [6.07, 6.45) is 0.861. The monoisotopic (exact) mass is 409 g/mol. The first-order chi connectivity index (χ1) is 9.73. The lowest BCUT2D eigenvalue weighted by atomic mass is 10.3. The maximum atomic E-state index is 5.68. The number of methoxy groups -OCH3 is 2. The molecule has 0 saturated carbocycles. The summed E-state index contributed by atoms with van der Waals surface area (Å²) in [5, 5.41) is 6.12. The third kappa shape index (κ3) is 7.26. The number of halogens is 1. The van der Waals surface area contributed by atoms with E-state index in [1.165, 1.54) is 0 Å². The zero-order valence-corrected chi connectivity index (χ0v) is 15.3. The quantitative estimate of drug-likeness (QED) is 0.312. The molecule has 0 fully saturated rings. The van der Waals surface area contributed by atoms with Gasteiger partial charge in [0, 0.05) is 38.8 Å². The van der Waals surface area contributed by atoms with Gasteiger partial charge in [-0.1, -0.05) is 0 Å².